The molecule has 2 aliphatic rings. The van der Waals surface area contributed by atoms with E-state index in [1.807, 2.05) is 0 Å². The van der Waals surface area contributed by atoms with Crippen LogP contribution in [0.15, 0.2) is 0 Å². The van der Waals surface area contributed by atoms with Gasteiger partial charge in [0, 0.05) is 0 Å². The zero-order chi connectivity index (χ0) is 11.8. The Kier molecular flexibility index (Phi) is 17.0. The molecule has 0 aromatic heterocycles. The molecule has 0 aromatic rings. The van der Waals surface area contributed by atoms with Gasteiger partial charge in [-0.05, 0) is 0 Å². The van der Waals surface area contributed by atoms with Crippen molar-refractivity contribution >= 4 is 39.1 Å². The normalized spacial score (nSPS) is 21.5. The second-order valence-corrected chi connectivity index (χ2v) is 19.6. The van der Waals surface area contributed by atoms with Gasteiger partial charge in [-0.3, -0.25) is 0 Å². The molecule has 0 spiro atoms. The molecular formula is C15H30I2Te2. The molecule has 0 bridgehead atoms. The van der Waals surface area contributed by atoms with Gasteiger partial charge in [0.05, 0.1) is 0 Å². The molecule has 116 valence electrons. The summed E-state index contributed by atoms with van der Waals surface area (Å²) in [5.41, 5.74) is 0. The predicted octanol–water partition coefficient (Wildman–Crippen LogP) is -0.478. The minimum atomic E-state index is -0.483. The Morgan fingerprint density at radius 2 is 0.842 bits per heavy atom. The van der Waals surface area contributed by atoms with Crippen molar-refractivity contribution in [1.82, 2.24) is 0 Å². The minimum Gasteiger partial charge on any atom is -1.00 e. The Hall–Kier alpha value is 3.04. The number of unbranched alkanes of at least 4 members (excludes halogenated alkanes) is 2. The minimum absolute atomic E-state index is 0. The molecule has 2 rings (SSSR count). The van der Waals surface area contributed by atoms with Gasteiger partial charge in [0.25, 0.3) is 0 Å². The van der Waals surface area contributed by atoms with Gasteiger partial charge in [0.2, 0.25) is 0 Å². The third-order valence-corrected chi connectivity index (χ3v) is 18.9. The molecule has 0 N–H and O–H groups in total. The average molecular weight is 719 g/mol. The molecule has 0 atom stereocenters. The quantitative estimate of drug-likeness (QED) is 0.198. The van der Waals surface area contributed by atoms with Crippen LogP contribution < -0.4 is 48.0 Å². The topological polar surface area (TPSA) is 0 Å². The maximum Gasteiger partial charge on any atom is -1.00 e. The first-order valence-electron chi connectivity index (χ1n) is 7.73. The first-order valence-corrected chi connectivity index (χ1v) is 17.6. The van der Waals surface area contributed by atoms with Gasteiger partial charge < -0.3 is 48.0 Å². The average Bonchev–Trinajstić information content (AvgIpc) is 2.41. The maximum atomic E-state index is 1.74. The molecule has 2 aliphatic heterocycles. The number of hydrogen-bond acceptors (Lipinski definition) is 0. The zero-order valence-electron chi connectivity index (χ0n) is 12.2. The molecule has 2 saturated heterocycles. The summed E-state index contributed by atoms with van der Waals surface area (Å²) in [4.78, 5) is 0. The molecule has 0 nitrogen and oxygen atoms in total. The number of halogens is 2. The van der Waals surface area contributed by atoms with Crippen LogP contribution >= 0.6 is 0 Å². The van der Waals surface area contributed by atoms with Crippen LogP contribution in [0.4, 0.5) is 0 Å². The van der Waals surface area contributed by atoms with E-state index in [1.165, 1.54) is 0 Å². The van der Waals surface area contributed by atoms with Crippen molar-refractivity contribution in [3.63, 3.8) is 0 Å². The van der Waals surface area contributed by atoms with E-state index in [4.69, 9.17) is 0 Å². The van der Waals surface area contributed by atoms with Gasteiger partial charge in [-0.25, -0.2) is 0 Å². The van der Waals surface area contributed by atoms with Gasteiger partial charge in [-0.15, -0.1) is 0 Å². The van der Waals surface area contributed by atoms with Crippen molar-refractivity contribution in [2.24, 2.45) is 0 Å². The summed E-state index contributed by atoms with van der Waals surface area (Å²) >= 11 is -0.966. The molecule has 0 radical (unpaired) electrons. The zero-order valence-corrected chi connectivity index (χ0v) is 21.2. The summed E-state index contributed by atoms with van der Waals surface area (Å²) in [6.07, 6.45) is 14.4. The Morgan fingerprint density at radius 3 is 1.21 bits per heavy atom. The van der Waals surface area contributed by atoms with Crippen LogP contribution in [-0.2, 0) is 0 Å². The van der Waals surface area contributed by atoms with Crippen molar-refractivity contribution in [3.8, 4) is 0 Å². The molecule has 19 heavy (non-hydrogen) atoms. The smallest absolute Gasteiger partial charge is 1.00 e. The monoisotopic (exact) mass is 724 g/mol. The van der Waals surface area contributed by atoms with Crippen molar-refractivity contribution < 1.29 is 48.0 Å². The second kappa shape index (κ2) is 14.6. The molecule has 0 aliphatic carbocycles. The van der Waals surface area contributed by atoms with Crippen molar-refractivity contribution in [3.05, 3.63) is 0 Å². The number of rotatable bonds is 6. The van der Waals surface area contributed by atoms with E-state index in [0.717, 1.165) is 0 Å². The fourth-order valence-electron chi connectivity index (χ4n) is 2.98. The van der Waals surface area contributed by atoms with Crippen LogP contribution in [0, 0.1) is 0 Å². The van der Waals surface area contributed by atoms with E-state index in [2.05, 4.69) is 0 Å². The van der Waals surface area contributed by atoms with Crippen molar-refractivity contribution in [1.29, 1.82) is 0 Å². The predicted molar refractivity (Wildman–Crippen MR) is 81.9 cm³/mol. The summed E-state index contributed by atoms with van der Waals surface area (Å²) in [6.45, 7) is 0. The Balaban J connectivity index is 0.00000162. The fraction of sp³-hybridized carbons (Fsp3) is 1.00. The van der Waals surface area contributed by atoms with Gasteiger partial charge in [0.1, 0.15) is 0 Å². The molecule has 4 heteroatoms. The summed E-state index contributed by atoms with van der Waals surface area (Å²) < 4.78 is 10.4. The van der Waals surface area contributed by atoms with E-state index >= 15 is 0 Å². The first kappa shape index (κ1) is 22.0. The summed E-state index contributed by atoms with van der Waals surface area (Å²) in [7, 11) is 0. The van der Waals surface area contributed by atoms with Crippen molar-refractivity contribution in [2.45, 2.75) is 84.6 Å². The van der Waals surface area contributed by atoms with E-state index in [-0.39, 0.29) is 48.0 Å². The van der Waals surface area contributed by atoms with Crippen LogP contribution in [0.1, 0.15) is 57.8 Å². The van der Waals surface area contributed by atoms with Gasteiger partial charge in [-0.1, -0.05) is 0 Å². The van der Waals surface area contributed by atoms with E-state index in [9.17, 15) is 0 Å². The van der Waals surface area contributed by atoms with E-state index in [1.54, 1.807) is 84.6 Å². The SMILES string of the molecule is C1CC[Te+](CCCCC[Te+]2CCCCC2)CC1.[I-].[I-]. The van der Waals surface area contributed by atoms with Gasteiger partial charge >= 0.3 is 124 Å². The van der Waals surface area contributed by atoms with Crippen LogP contribution in [-0.4, -0.2) is 39.1 Å². The third kappa shape index (κ3) is 10.4. The van der Waals surface area contributed by atoms with E-state index < -0.39 is 39.1 Å². The first-order chi connectivity index (χ1) is 8.45. The maximum absolute atomic E-state index is 1.74. The van der Waals surface area contributed by atoms with Crippen molar-refractivity contribution in [2.75, 3.05) is 0 Å². The van der Waals surface area contributed by atoms with Crippen LogP contribution in [0.5, 0.6) is 0 Å². The van der Waals surface area contributed by atoms with Gasteiger partial charge in [0.15, 0.2) is 0 Å². The fourth-order valence-corrected chi connectivity index (χ4v) is 17.0. The molecule has 0 amide bonds. The largest absolute Gasteiger partial charge is 1.00 e. The molecule has 0 unspecified atom stereocenters. The summed E-state index contributed by atoms with van der Waals surface area (Å²) in [6, 6.07) is 0. The molecule has 2 fully saturated rings. The molecule has 0 aromatic carbocycles. The summed E-state index contributed by atoms with van der Waals surface area (Å²) in [5.74, 6) is 0. The van der Waals surface area contributed by atoms with Crippen LogP contribution in [0.25, 0.3) is 0 Å². The van der Waals surface area contributed by atoms with Gasteiger partial charge in [-0.2, -0.15) is 0 Å². The number of hydrogen-bond donors (Lipinski definition) is 0. The molecule has 2 heterocycles. The Labute approximate surface area is 169 Å². The van der Waals surface area contributed by atoms with Crippen LogP contribution in [0.3, 0.4) is 0 Å². The second-order valence-electron chi connectivity index (χ2n) is 5.63. The molecular weight excluding hydrogens is 689 g/mol. The Morgan fingerprint density at radius 1 is 0.474 bits per heavy atom. The van der Waals surface area contributed by atoms with E-state index in [0.29, 0.717) is 0 Å². The summed E-state index contributed by atoms with van der Waals surface area (Å²) in [5, 5.41) is 0. The standard InChI is InChI=1S/C15H30Te2.2HI/c1-4-10-16(11-5-1)14-8-3-9-15-17-12-6-2-7-13-17;;/h1-15H2;2*1H/q+2;;/p-2. The van der Waals surface area contributed by atoms with Crippen LogP contribution in [0.2, 0.25) is 26.8 Å². The third-order valence-electron chi connectivity index (χ3n) is 4.10. The Bertz CT molecular complexity index is 171. The molecule has 0 saturated carbocycles.